The molecule has 6 heteroatoms. The van der Waals surface area contributed by atoms with Crippen molar-refractivity contribution >= 4 is 29.1 Å². The number of likely N-dealkylation sites (tertiary alicyclic amines) is 1. The van der Waals surface area contributed by atoms with Gasteiger partial charge in [-0.25, -0.2) is 0 Å². The summed E-state index contributed by atoms with van der Waals surface area (Å²) in [7, 11) is 0. The largest absolute Gasteiger partial charge is 0.347 e. The third kappa shape index (κ3) is 3.65. The Balaban J connectivity index is 1.59. The normalized spacial score (nSPS) is 14.3. The first-order chi connectivity index (χ1) is 11.1. The molecule has 5 nitrogen and oxygen atoms in total. The van der Waals surface area contributed by atoms with Crippen LogP contribution in [0.2, 0.25) is 0 Å². The SMILES string of the molecule is O=C(NCc1cccs1)c1ccc(CN2C(=O)CCC2=O)cc1. The fourth-order valence-electron chi connectivity index (χ4n) is 2.43. The van der Waals surface area contributed by atoms with Crippen LogP contribution in [0.1, 0.15) is 33.6 Å². The van der Waals surface area contributed by atoms with Crippen molar-refractivity contribution in [3.63, 3.8) is 0 Å². The zero-order chi connectivity index (χ0) is 16.2. The summed E-state index contributed by atoms with van der Waals surface area (Å²) in [5.74, 6) is -0.404. The van der Waals surface area contributed by atoms with E-state index in [2.05, 4.69) is 5.32 Å². The van der Waals surface area contributed by atoms with E-state index in [4.69, 9.17) is 0 Å². The lowest BCUT2D eigenvalue weighted by Gasteiger charge is -2.13. The topological polar surface area (TPSA) is 66.5 Å². The number of carbonyl (C=O) groups is 3. The summed E-state index contributed by atoms with van der Waals surface area (Å²) in [5.41, 5.74) is 1.40. The second-order valence-electron chi connectivity index (χ2n) is 5.33. The maximum atomic E-state index is 12.1. The molecule has 1 aliphatic heterocycles. The van der Waals surface area contributed by atoms with Crippen LogP contribution in [0.5, 0.6) is 0 Å². The quantitative estimate of drug-likeness (QED) is 0.857. The minimum absolute atomic E-state index is 0.132. The highest BCUT2D eigenvalue weighted by atomic mass is 32.1. The van der Waals surface area contributed by atoms with Crippen molar-refractivity contribution in [2.45, 2.75) is 25.9 Å². The second kappa shape index (κ2) is 6.75. The molecule has 1 N–H and O–H groups in total. The lowest BCUT2D eigenvalue weighted by Crippen LogP contribution is -2.28. The number of carbonyl (C=O) groups excluding carboxylic acids is 3. The third-order valence-electron chi connectivity index (χ3n) is 3.71. The van der Waals surface area contributed by atoms with Crippen LogP contribution in [0.25, 0.3) is 0 Å². The molecule has 0 spiro atoms. The summed E-state index contributed by atoms with van der Waals surface area (Å²) in [6.45, 7) is 0.782. The highest BCUT2D eigenvalue weighted by Gasteiger charge is 2.28. The molecule has 1 aliphatic rings. The Labute approximate surface area is 137 Å². The number of benzene rings is 1. The van der Waals surface area contributed by atoms with Crippen LogP contribution in [0.15, 0.2) is 41.8 Å². The predicted molar refractivity (Wildman–Crippen MR) is 86.7 cm³/mol. The summed E-state index contributed by atoms with van der Waals surface area (Å²) >= 11 is 1.60. The van der Waals surface area contributed by atoms with Crippen LogP contribution in [0, 0.1) is 0 Å². The molecule has 1 fully saturated rings. The smallest absolute Gasteiger partial charge is 0.251 e. The number of imide groups is 1. The molecule has 1 aromatic carbocycles. The van der Waals surface area contributed by atoms with Crippen molar-refractivity contribution in [3.05, 3.63) is 57.8 Å². The van der Waals surface area contributed by atoms with Crippen molar-refractivity contribution in [1.29, 1.82) is 0 Å². The average Bonchev–Trinajstić information content (AvgIpc) is 3.18. The molecule has 0 aliphatic carbocycles. The van der Waals surface area contributed by atoms with Gasteiger partial charge in [0.1, 0.15) is 0 Å². The van der Waals surface area contributed by atoms with Crippen LogP contribution in [-0.4, -0.2) is 22.6 Å². The molecule has 0 saturated carbocycles. The first-order valence-electron chi connectivity index (χ1n) is 7.36. The van der Waals surface area contributed by atoms with E-state index in [1.165, 1.54) is 4.90 Å². The summed E-state index contributed by atoms with van der Waals surface area (Å²) in [4.78, 5) is 37.7. The first kappa shape index (κ1) is 15.4. The maximum absolute atomic E-state index is 12.1. The van der Waals surface area contributed by atoms with Crippen molar-refractivity contribution in [2.24, 2.45) is 0 Å². The molecular weight excluding hydrogens is 312 g/mol. The summed E-state index contributed by atoms with van der Waals surface area (Å²) in [6, 6.07) is 10.9. The lowest BCUT2D eigenvalue weighted by atomic mass is 10.1. The van der Waals surface area contributed by atoms with Gasteiger partial charge in [0.05, 0.1) is 13.1 Å². The zero-order valence-corrected chi connectivity index (χ0v) is 13.3. The highest BCUT2D eigenvalue weighted by Crippen LogP contribution is 2.16. The number of amides is 3. The van der Waals surface area contributed by atoms with E-state index in [0.29, 0.717) is 24.9 Å². The Morgan fingerprint density at radius 1 is 1.09 bits per heavy atom. The van der Waals surface area contributed by atoms with E-state index < -0.39 is 0 Å². The minimum Gasteiger partial charge on any atom is -0.347 e. The summed E-state index contributed by atoms with van der Waals surface area (Å²) in [6.07, 6.45) is 0.587. The molecule has 1 aromatic heterocycles. The van der Waals surface area contributed by atoms with Crippen LogP contribution in [0.4, 0.5) is 0 Å². The van der Waals surface area contributed by atoms with Gasteiger partial charge in [0, 0.05) is 23.3 Å². The van der Waals surface area contributed by atoms with Crippen molar-refractivity contribution in [3.8, 4) is 0 Å². The predicted octanol–water partition coefficient (Wildman–Crippen LogP) is 2.33. The van der Waals surface area contributed by atoms with Gasteiger partial charge in [0.15, 0.2) is 0 Å². The Kier molecular flexibility index (Phi) is 4.52. The molecule has 1 saturated heterocycles. The van der Waals surface area contributed by atoms with Gasteiger partial charge >= 0.3 is 0 Å². The van der Waals surface area contributed by atoms with Gasteiger partial charge in [-0.1, -0.05) is 18.2 Å². The molecule has 2 aromatic rings. The Bertz CT molecular complexity index is 707. The van der Waals surface area contributed by atoms with E-state index in [-0.39, 0.29) is 24.3 Å². The van der Waals surface area contributed by atoms with Gasteiger partial charge < -0.3 is 5.32 Å². The molecule has 3 rings (SSSR count). The van der Waals surface area contributed by atoms with Gasteiger partial charge in [-0.2, -0.15) is 0 Å². The van der Waals surface area contributed by atoms with Gasteiger partial charge in [-0.3, -0.25) is 19.3 Å². The summed E-state index contributed by atoms with van der Waals surface area (Å²) < 4.78 is 0. The van der Waals surface area contributed by atoms with Crippen molar-refractivity contribution in [2.75, 3.05) is 0 Å². The average molecular weight is 328 g/mol. The molecule has 2 heterocycles. The molecule has 0 radical (unpaired) electrons. The minimum atomic E-state index is -0.140. The number of rotatable bonds is 5. The van der Waals surface area contributed by atoms with E-state index in [1.807, 2.05) is 17.5 Å². The number of hydrogen-bond donors (Lipinski definition) is 1. The van der Waals surface area contributed by atoms with Crippen LogP contribution < -0.4 is 5.32 Å². The number of nitrogens with one attached hydrogen (secondary N) is 1. The molecule has 0 bridgehead atoms. The third-order valence-corrected chi connectivity index (χ3v) is 4.59. The van der Waals surface area contributed by atoms with Crippen LogP contribution >= 0.6 is 11.3 Å². The van der Waals surface area contributed by atoms with Crippen molar-refractivity contribution < 1.29 is 14.4 Å². The first-order valence-corrected chi connectivity index (χ1v) is 8.24. The van der Waals surface area contributed by atoms with Gasteiger partial charge in [-0.05, 0) is 29.1 Å². The van der Waals surface area contributed by atoms with Crippen LogP contribution in [0.3, 0.4) is 0 Å². The van der Waals surface area contributed by atoms with E-state index in [9.17, 15) is 14.4 Å². The molecule has 0 atom stereocenters. The van der Waals surface area contributed by atoms with Gasteiger partial charge in [0.2, 0.25) is 11.8 Å². The van der Waals surface area contributed by atoms with E-state index in [1.54, 1.807) is 35.6 Å². The number of nitrogens with zero attached hydrogens (tertiary/aromatic N) is 1. The van der Waals surface area contributed by atoms with Gasteiger partial charge in [0.25, 0.3) is 5.91 Å². The molecule has 23 heavy (non-hydrogen) atoms. The molecule has 118 valence electrons. The lowest BCUT2D eigenvalue weighted by molar-refractivity contribution is -0.139. The fraction of sp³-hybridized carbons (Fsp3) is 0.235. The van der Waals surface area contributed by atoms with Crippen LogP contribution in [-0.2, 0) is 22.7 Å². The Morgan fingerprint density at radius 3 is 2.39 bits per heavy atom. The van der Waals surface area contributed by atoms with Gasteiger partial charge in [-0.15, -0.1) is 11.3 Å². The number of hydrogen-bond acceptors (Lipinski definition) is 4. The Morgan fingerprint density at radius 2 is 1.78 bits per heavy atom. The fourth-order valence-corrected chi connectivity index (χ4v) is 3.07. The second-order valence-corrected chi connectivity index (χ2v) is 6.36. The molecular formula is C17H16N2O3S. The molecule has 3 amide bonds. The summed E-state index contributed by atoms with van der Waals surface area (Å²) in [5, 5.41) is 4.83. The zero-order valence-electron chi connectivity index (χ0n) is 12.5. The monoisotopic (exact) mass is 328 g/mol. The van der Waals surface area contributed by atoms with Crippen molar-refractivity contribution in [1.82, 2.24) is 10.2 Å². The van der Waals surface area contributed by atoms with E-state index >= 15 is 0 Å². The highest BCUT2D eigenvalue weighted by molar-refractivity contribution is 7.09. The molecule has 0 unspecified atom stereocenters. The van der Waals surface area contributed by atoms with E-state index in [0.717, 1.165) is 10.4 Å². The maximum Gasteiger partial charge on any atom is 0.251 e. The number of thiophene rings is 1. The standard InChI is InChI=1S/C17H16N2O3S/c20-15-7-8-16(21)19(15)11-12-3-5-13(6-4-12)17(22)18-10-14-2-1-9-23-14/h1-6,9H,7-8,10-11H2,(H,18,22). The Hall–Kier alpha value is -2.47.